The number of halogens is 1. The average molecular weight is 325 g/mol. The van der Waals surface area contributed by atoms with Gasteiger partial charge >= 0.3 is 0 Å². The lowest BCUT2D eigenvalue weighted by molar-refractivity contribution is 0.176. The first-order valence-corrected chi connectivity index (χ1v) is 9.57. The van der Waals surface area contributed by atoms with Crippen LogP contribution in [-0.2, 0) is 0 Å². The van der Waals surface area contributed by atoms with Crippen molar-refractivity contribution in [3.63, 3.8) is 0 Å². The van der Waals surface area contributed by atoms with Crippen LogP contribution in [0.5, 0.6) is 0 Å². The van der Waals surface area contributed by atoms with Crippen LogP contribution in [0.1, 0.15) is 44.9 Å². The highest BCUT2D eigenvalue weighted by atomic mass is 35.5. The van der Waals surface area contributed by atoms with Crippen molar-refractivity contribution >= 4 is 23.4 Å². The van der Waals surface area contributed by atoms with E-state index in [0.29, 0.717) is 10.4 Å². The molecule has 1 saturated heterocycles. The summed E-state index contributed by atoms with van der Waals surface area (Å²) in [7, 11) is 0. The molecule has 21 heavy (non-hydrogen) atoms. The predicted molar refractivity (Wildman–Crippen MR) is 91.1 cm³/mol. The zero-order chi connectivity index (χ0) is 14.5. The quantitative estimate of drug-likeness (QED) is 0.735. The SMILES string of the molecule is Clc1cccc(SC2CCN(CC3CCCCC3)CC2)n1. The average Bonchev–Trinajstić information content (AvgIpc) is 2.50. The number of hydrogen-bond acceptors (Lipinski definition) is 3. The summed E-state index contributed by atoms with van der Waals surface area (Å²) in [5.41, 5.74) is 0. The highest BCUT2D eigenvalue weighted by Crippen LogP contribution is 2.31. The second-order valence-electron chi connectivity index (χ2n) is 6.42. The Bertz CT molecular complexity index is 440. The Balaban J connectivity index is 1.42. The second kappa shape index (κ2) is 7.85. The molecule has 0 radical (unpaired) electrons. The maximum Gasteiger partial charge on any atom is 0.130 e. The van der Waals surface area contributed by atoms with Gasteiger partial charge < -0.3 is 4.90 Å². The fraction of sp³-hybridized carbons (Fsp3) is 0.706. The first-order valence-electron chi connectivity index (χ1n) is 8.31. The molecule has 0 aromatic carbocycles. The van der Waals surface area contributed by atoms with E-state index >= 15 is 0 Å². The van der Waals surface area contributed by atoms with Crippen LogP contribution in [0.4, 0.5) is 0 Å². The zero-order valence-corrected chi connectivity index (χ0v) is 14.2. The first kappa shape index (κ1) is 15.6. The lowest BCUT2D eigenvalue weighted by Gasteiger charge is -2.35. The van der Waals surface area contributed by atoms with Crippen molar-refractivity contribution in [3.8, 4) is 0 Å². The molecule has 2 heterocycles. The maximum atomic E-state index is 5.96. The molecule has 0 unspecified atom stereocenters. The van der Waals surface area contributed by atoms with Gasteiger partial charge in [0.15, 0.2) is 0 Å². The predicted octanol–water partition coefficient (Wildman–Crippen LogP) is 4.87. The molecule has 116 valence electrons. The minimum atomic E-state index is 0.606. The van der Waals surface area contributed by atoms with Gasteiger partial charge in [0.25, 0.3) is 0 Å². The van der Waals surface area contributed by atoms with Gasteiger partial charge in [0.1, 0.15) is 5.15 Å². The van der Waals surface area contributed by atoms with E-state index in [1.807, 2.05) is 23.9 Å². The summed E-state index contributed by atoms with van der Waals surface area (Å²) in [6.07, 6.45) is 9.86. The van der Waals surface area contributed by atoms with E-state index in [0.717, 1.165) is 10.9 Å². The van der Waals surface area contributed by atoms with Gasteiger partial charge in [0.05, 0.1) is 5.03 Å². The van der Waals surface area contributed by atoms with Crippen LogP contribution in [-0.4, -0.2) is 34.8 Å². The molecule has 0 amide bonds. The number of piperidine rings is 1. The van der Waals surface area contributed by atoms with E-state index in [4.69, 9.17) is 11.6 Å². The molecule has 0 atom stereocenters. The second-order valence-corrected chi connectivity index (χ2v) is 8.13. The van der Waals surface area contributed by atoms with Crippen LogP contribution >= 0.6 is 23.4 Å². The van der Waals surface area contributed by atoms with Crippen LogP contribution in [0.15, 0.2) is 23.2 Å². The summed E-state index contributed by atoms with van der Waals surface area (Å²) < 4.78 is 0. The largest absolute Gasteiger partial charge is 0.303 e. The van der Waals surface area contributed by atoms with Gasteiger partial charge in [-0.25, -0.2) is 4.98 Å². The molecule has 0 spiro atoms. The van der Waals surface area contributed by atoms with Crippen molar-refractivity contribution in [3.05, 3.63) is 23.4 Å². The third kappa shape index (κ3) is 4.87. The van der Waals surface area contributed by atoms with Crippen LogP contribution in [0.25, 0.3) is 0 Å². The molecule has 1 aliphatic heterocycles. The van der Waals surface area contributed by atoms with Gasteiger partial charge in [-0.2, -0.15) is 0 Å². The lowest BCUT2D eigenvalue weighted by Crippen LogP contribution is -2.38. The van der Waals surface area contributed by atoms with Crippen molar-refractivity contribution in [2.24, 2.45) is 5.92 Å². The Morgan fingerprint density at radius 3 is 2.57 bits per heavy atom. The number of rotatable bonds is 4. The monoisotopic (exact) mass is 324 g/mol. The van der Waals surface area contributed by atoms with Crippen molar-refractivity contribution in [1.29, 1.82) is 0 Å². The molecular weight excluding hydrogens is 300 g/mol. The molecule has 1 saturated carbocycles. The van der Waals surface area contributed by atoms with E-state index in [9.17, 15) is 0 Å². The molecule has 1 aliphatic carbocycles. The van der Waals surface area contributed by atoms with Crippen molar-refractivity contribution in [1.82, 2.24) is 9.88 Å². The van der Waals surface area contributed by atoms with Crippen molar-refractivity contribution < 1.29 is 0 Å². The van der Waals surface area contributed by atoms with Crippen LogP contribution in [0.2, 0.25) is 5.15 Å². The number of aromatic nitrogens is 1. The van der Waals surface area contributed by atoms with Crippen LogP contribution in [0.3, 0.4) is 0 Å². The normalized spacial score (nSPS) is 22.5. The number of hydrogen-bond donors (Lipinski definition) is 0. The van der Waals surface area contributed by atoms with Gasteiger partial charge in [-0.05, 0) is 56.8 Å². The van der Waals surface area contributed by atoms with E-state index in [-0.39, 0.29) is 0 Å². The Kier molecular flexibility index (Phi) is 5.84. The van der Waals surface area contributed by atoms with E-state index in [1.165, 1.54) is 64.6 Å². The first-order chi connectivity index (χ1) is 10.3. The Morgan fingerprint density at radius 2 is 1.86 bits per heavy atom. The molecule has 3 rings (SSSR count). The van der Waals surface area contributed by atoms with Gasteiger partial charge in [-0.1, -0.05) is 36.9 Å². The smallest absolute Gasteiger partial charge is 0.130 e. The molecule has 1 aromatic rings. The molecular formula is C17H25ClN2S. The fourth-order valence-corrected chi connectivity index (χ4v) is 4.88. The fourth-order valence-electron chi connectivity index (χ4n) is 3.57. The number of pyridine rings is 1. The summed E-state index contributed by atoms with van der Waals surface area (Å²) in [5, 5.41) is 2.39. The minimum Gasteiger partial charge on any atom is -0.303 e. The van der Waals surface area contributed by atoms with E-state index < -0.39 is 0 Å². The Hall–Kier alpha value is -0.250. The summed E-state index contributed by atoms with van der Waals surface area (Å²) in [5.74, 6) is 0.970. The minimum absolute atomic E-state index is 0.606. The number of likely N-dealkylation sites (tertiary alicyclic amines) is 1. The van der Waals surface area contributed by atoms with Gasteiger partial charge in [0, 0.05) is 11.8 Å². The van der Waals surface area contributed by atoms with Crippen molar-refractivity contribution in [2.75, 3.05) is 19.6 Å². The van der Waals surface area contributed by atoms with Gasteiger partial charge in [-0.3, -0.25) is 0 Å². The summed E-state index contributed by atoms with van der Waals surface area (Å²) >= 11 is 7.87. The highest BCUT2D eigenvalue weighted by molar-refractivity contribution is 7.99. The Morgan fingerprint density at radius 1 is 1.10 bits per heavy atom. The third-order valence-corrected chi connectivity index (χ3v) is 6.24. The topological polar surface area (TPSA) is 16.1 Å². The molecule has 2 fully saturated rings. The summed E-state index contributed by atoms with van der Waals surface area (Å²) in [6.45, 7) is 3.86. The highest BCUT2D eigenvalue weighted by Gasteiger charge is 2.23. The van der Waals surface area contributed by atoms with Gasteiger partial charge in [0.2, 0.25) is 0 Å². The number of thioether (sulfide) groups is 1. The maximum absolute atomic E-state index is 5.96. The van der Waals surface area contributed by atoms with Crippen molar-refractivity contribution in [2.45, 2.75) is 55.2 Å². The van der Waals surface area contributed by atoms with E-state index in [2.05, 4.69) is 16.0 Å². The molecule has 1 aromatic heterocycles. The number of nitrogens with zero attached hydrogens (tertiary/aromatic N) is 2. The molecule has 0 N–H and O–H groups in total. The lowest BCUT2D eigenvalue weighted by atomic mass is 9.88. The summed E-state index contributed by atoms with van der Waals surface area (Å²) in [4.78, 5) is 7.09. The van der Waals surface area contributed by atoms with Crippen LogP contribution < -0.4 is 0 Å². The van der Waals surface area contributed by atoms with Gasteiger partial charge in [-0.15, -0.1) is 11.8 Å². The van der Waals surface area contributed by atoms with E-state index in [1.54, 1.807) is 0 Å². The standard InChI is InChI=1S/C17H25ClN2S/c18-16-7-4-8-17(19-16)21-15-9-11-20(12-10-15)13-14-5-2-1-3-6-14/h4,7-8,14-15H,1-3,5-6,9-13H2. The van der Waals surface area contributed by atoms with Crippen LogP contribution in [0, 0.1) is 5.92 Å². The molecule has 0 bridgehead atoms. The third-order valence-electron chi connectivity index (χ3n) is 4.75. The zero-order valence-electron chi connectivity index (χ0n) is 12.6. The summed E-state index contributed by atoms with van der Waals surface area (Å²) in [6, 6.07) is 5.92. The molecule has 2 nitrogen and oxygen atoms in total. The Labute approximate surface area is 137 Å². The molecule has 4 heteroatoms. The molecule has 2 aliphatic rings.